The summed E-state index contributed by atoms with van der Waals surface area (Å²) in [4.78, 5) is 2.30. The van der Waals surface area contributed by atoms with Crippen molar-refractivity contribution >= 4 is 21.6 Å². The number of halogens is 1. The molecule has 3 heteroatoms. The molecule has 0 aromatic heterocycles. The SMILES string of the molecule is CCN(CCOc1ccc(Br)cc1)c1ccccc1. The number of anilines is 1. The number of para-hydroxylation sites is 1. The van der Waals surface area contributed by atoms with Crippen molar-refractivity contribution < 1.29 is 4.74 Å². The van der Waals surface area contributed by atoms with Crippen LogP contribution in [0.5, 0.6) is 5.75 Å². The molecule has 0 atom stereocenters. The second kappa shape index (κ2) is 7.19. The molecule has 19 heavy (non-hydrogen) atoms. The Morgan fingerprint density at radius 1 is 1.00 bits per heavy atom. The fourth-order valence-corrected chi connectivity index (χ4v) is 2.18. The van der Waals surface area contributed by atoms with Crippen molar-refractivity contribution in [2.45, 2.75) is 6.92 Å². The minimum absolute atomic E-state index is 0.685. The van der Waals surface area contributed by atoms with Gasteiger partial charge in [0.2, 0.25) is 0 Å². The van der Waals surface area contributed by atoms with E-state index < -0.39 is 0 Å². The van der Waals surface area contributed by atoms with Gasteiger partial charge in [-0.2, -0.15) is 0 Å². The molecule has 2 rings (SSSR count). The Kier molecular flexibility index (Phi) is 5.28. The second-order valence-corrected chi connectivity index (χ2v) is 5.13. The van der Waals surface area contributed by atoms with Crippen LogP contribution in [0.15, 0.2) is 59.1 Å². The second-order valence-electron chi connectivity index (χ2n) is 4.22. The predicted molar refractivity (Wildman–Crippen MR) is 84.0 cm³/mol. The fraction of sp³-hybridized carbons (Fsp3) is 0.250. The Morgan fingerprint density at radius 2 is 1.68 bits per heavy atom. The van der Waals surface area contributed by atoms with Crippen molar-refractivity contribution in [2.24, 2.45) is 0 Å². The van der Waals surface area contributed by atoms with E-state index in [2.05, 4.69) is 52.0 Å². The van der Waals surface area contributed by atoms with Crippen molar-refractivity contribution in [3.8, 4) is 5.75 Å². The van der Waals surface area contributed by atoms with Crippen LogP contribution in [0.2, 0.25) is 0 Å². The van der Waals surface area contributed by atoms with Crippen molar-refractivity contribution in [1.82, 2.24) is 0 Å². The maximum atomic E-state index is 5.75. The van der Waals surface area contributed by atoms with Crippen LogP contribution in [0.4, 0.5) is 5.69 Å². The maximum Gasteiger partial charge on any atom is 0.119 e. The van der Waals surface area contributed by atoms with Gasteiger partial charge in [-0.1, -0.05) is 34.1 Å². The third-order valence-electron chi connectivity index (χ3n) is 2.95. The lowest BCUT2D eigenvalue weighted by Gasteiger charge is -2.23. The maximum absolute atomic E-state index is 5.75. The number of hydrogen-bond donors (Lipinski definition) is 0. The molecule has 0 N–H and O–H groups in total. The lowest BCUT2D eigenvalue weighted by atomic mass is 10.3. The average molecular weight is 320 g/mol. The molecular formula is C16H18BrNO. The van der Waals surface area contributed by atoms with E-state index in [4.69, 9.17) is 4.74 Å². The molecule has 0 fully saturated rings. The number of ether oxygens (including phenoxy) is 1. The number of benzene rings is 2. The van der Waals surface area contributed by atoms with Crippen molar-refractivity contribution in [3.05, 3.63) is 59.1 Å². The molecule has 0 amide bonds. The first-order valence-electron chi connectivity index (χ1n) is 6.48. The van der Waals surface area contributed by atoms with Crippen LogP contribution in [0.3, 0.4) is 0 Å². The normalized spacial score (nSPS) is 10.2. The van der Waals surface area contributed by atoms with Crippen LogP contribution in [0.25, 0.3) is 0 Å². The molecule has 0 saturated carbocycles. The van der Waals surface area contributed by atoms with E-state index in [1.54, 1.807) is 0 Å². The first-order chi connectivity index (χ1) is 9.29. The lowest BCUT2D eigenvalue weighted by molar-refractivity contribution is 0.324. The van der Waals surface area contributed by atoms with Gasteiger partial charge in [0.15, 0.2) is 0 Å². The van der Waals surface area contributed by atoms with Crippen molar-refractivity contribution in [3.63, 3.8) is 0 Å². The zero-order chi connectivity index (χ0) is 13.5. The lowest BCUT2D eigenvalue weighted by Crippen LogP contribution is -2.27. The van der Waals surface area contributed by atoms with Gasteiger partial charge in [0.1, 0.15) is 12.4 Å². The molecule has 100 valence electrons. The largest absolute Gasteiger partial charge is 0.492 e. The first kappa shape index (κ1) is 13.9. The average Bonchev–Trinajstić information content (AvgIpc) is 2.46. The van der Waals surface area contributed by atoms with Gasteiger partial charge in [-0.3, -0.25) is 0 Å². The van der Waals surface area contributed by atoms with Crippen LogP contribution in [0.1, 0.15) is 6.92 Å². The minimum Gasteiger partial charge on any atom is -0.492 e. The van der Waals surface area contributed by atoms with E-state index in [1.165, 1.54) is 5.69 Å². The standard InChI is InChI=1S/C16H18BrNO/c1-2-18(15-6-4-3-5-7-15)12-13-19-16-10-8-14(17)9-11-16/h3-11H,2,12-13H2,1H3. The van der Waals surface area contributed by atoms with E-state index in [1.807, 2.05) is 30.3 Å². The first-order valence-corrected chi connectivity index (χ1v) is 7.27. The zero-order valence-corrected chi connectivity index (χ0v) is 12.6. The zero-order valence-electron chi connectivity index (χ0n) is 11.1. The summed E-state index contributed by atoms with van der Waals surface area (Å²) in [6.07, 6.45) is 0. The Morgan fingerprint density at radius 3 is 2.32 bits per heavy atom. The van der Waals surface area contributed by atoms with E-state index in [-0.39, 0.29) is 0 Å². The Balaban J connectivity index is 1.85. The molecule has 2 nitrogen and oxygen atoms in total. The third-order valence-corrected chi connectivity index (χ3v) is 3.48. The molecule has 0 heterocycles. The molecule has 0 saturated heterocycles. The van der Waals surface area contributed by atoms with E-state index in [9.17, 15) is 0 Å². The molecule has 0 aliphatic rings. The molecule has 0 aliphatic carbocycles. The molecule has 0 radical (unpaired) electrons. The Hall–Kier alpha value is -1.48. The number of hydrogen-bond acceptors (Lipinski definition) is 2. The van der Waals surface area contributed by atoms with Gasteiger partial charge in [0, 0.05) is 16.7 Å². The summed E-state index contributed by atoms with van der Waals surface area (Å²) >= 11 is 3.41. The molecule has 2 aromatic rings. The van der Waals surface area contributed by atoms with Crippen LogP contribution < -0.4 is 9.64 Å². The summed E-state index contributed by atoms with van der Waals surface area (Å²) < 4.78 is 6.82. The molecule has 0 unspecified atom stereocenters. The smallest absolute Gasteiger partial charge is 0.119 e. The Labute approximate surface area is 123 Å². The fourth-order valence-electron chi connectivity index (χ4n) is 1.91. The van der Waals surface area contributed by atoms with Gasteiger partial charge in [-0.15, -0.1) is 0 Å². The van der Waals surface area contributed by atoms with Gasteiger partial charge in [-0.25, -0.2) is 0 Å². The van der Waals surface area contributed by atoms with E-state index >= 15 is 0 Å². The molecule has 0 aliphatic heterocycles. The van der Waals surface area contributed by atoms with E-state index in [0.717, 1.165) is 23.3 Å². The topological polar surface area (TPSA) is 12.5 Å². The highest BCUT2D eigenvalue weighted by Gasteiger charge is 2.03. The van der Waals surface area contributed by atoms with Gasteiger partial charge >= 0.3 is 0 Å². The van der Waals surface area contributed by atoms with Crippen LogP contribution in [-0.2, 0) is 0 Å². The van der Waals surface area contributed by atoms with Crippen LogP contribution in [-0.4, -0.2) is 19.7 Å². The predicted octanol–water partition coefficient (Wildman–Crippen LogP) is 4.35. The monoisotopic (exact) mass is 319 g/mol. The van der Waals surface area contributed by atoms with Gasteiger partial charge in [0.05, 0.1) is 6.54 Å². The number of likely N-dealkylation sites (N-methyl/N-ethyl adjacent to an activating group) is 1. The minimum atomic E-state index is 0.685. The molecule has 0 bridgehead atoms. The molecule has 0 spiro atoms. The summed E-state index contributed by atoms with van der Waals surface area (Å²) in [5, 5.41) is 0. The van der Waals surface area contributed by atoms with Gasteiger partial charge in [0.25, 0.3) is 0 Å². The van der Waals surface area contributed by atoms with Gasteiger partial charge < -0.3 is 9.64 Å². The van der Waals surface area contributed by atoms with Crippen molar-refractivity contribution in [2.75, 3.05) is 24.6 Å². The highest BCUT2D eigenvalue weighted by atomic mass is 79.9. The Bertz CT molecular complexity index is 484. The third kappa shape index (κ3) is 4.28. The summed E-state index contributed by atoms with van der Waals surface area (Å²) in [6, 6.07) is 18.4. The summed E-state index contributed by atoms with van der Waals surface area (Å²) in [5.74, 6) is 0.910. The number of nitrogens with zero attached hydrogens (tertiary/aromatic N) is 1. The van der Waals surface area contributed by atoms with Crippen molar-refractivity contribution in [1.29, 1.82) is 0 Å². The summed E-state index contributed by atoms with van der Waals surface area (Å²) in [6.45, 7) is 4.71. The highest BCUT2D eigenvalue weighted by Crippen LogP contribution is 2.17. The van der Waals surface area contributed by atoms with E-state index in [0.29, 0.717) is 6.61 Å². The highest BCUT2D eigenvalue weighted by molar-refractivity contribution is 9.10. The summed E-state index contributed by atoms with van der Waals surface area (Å²) in [5.41, 5.74) is 1.24. The quantitative estimate of drug-likeness (QED) is 0.784. The molecular weight excluding hydrogens is 302 g/mol. The van der Waals surface area contributed by atoms with Crippen LogP contribution in [0, 0.1) is 0 Å². The van der Waals surface area contributed by atoms with Gasteiger partial charge in [-0.05, 0) is 43.3 Å². The molecule has 2 aromatic carbocycles. The van der Waals surface area contributed by atoms with Crippen LogP contribution >= 0.6 is 15.9 Å². The number of rotatable bonds is 6. The summed E-state index contributed by atoms with van der Waals surface area (Å²) in [7, 11) is 0.